The molecule has 13 heteroatoms. The van der Waals surface area contributed by atoms with Gasteiger partial charge in [-0.2, -0.15) is 4.98 Å². The van der Waals surface area contributed by atoms with Crippen LogP contribution in [0.2, 0.25) is 5.02 Å². The Morgan fingerprint density at radius 2 is 1.76 bits per heavy atom. The molecule has 0 atom stereocenters. The lowest BCUT2D eigenvalue weighted by atomic mass is 10.0. The predicted octanol–water partition coefficient (Wildman–Crippen LogP) is 5.21. The lowest BCUT2D eigenvalue weighted by Gasteiger charge is -2.43. The smallest absolute Gasteiger partial charge is 0.247 e. The number of likely N-dealkylation sites (tertiary alicyclic amines) is 1. The zero-order valence-corrected chi connectivity index (χ0v) is 28.0. The average Bonchev–Trinajstić information content (AvgIpc) is 3.03. The van der Waals surface area contributed by atoms with Gasteiger partial charge in [0.25, 0.3) is 0 Å². The summed E-state index contributed by atoms with van der Waals surface area (Å²) in [5, 5.41) is 10.4. The number of carbonyl (C=O) groups excluding carboxylic acids is 1. The van der Waals surface area contributed by atoms with Crippen molar-refractivity contribution in [2.45, 2.75) is 18.9 Å². The van der Waals surface area contributed by atoms with Crippen LogP contribution in [-0.4, -0.2) is 98.5 Å². The number of aromatic nitrogens is 2. The summed E-state index contributed by atoms with van der Waals surface area (Å²) in [6.07, 6.45) is 5.13. The van der Waals surface area contributed by atoms with E-state index in [2.05, 4.69) is 54.2 Å². The summed E-state index contributed by atoms with van der Waals surface area (Å²) in [5.41, 5.74) is 2.71. The van der Waals surface area contributed by atoms with Gasteiger partial charge in [-0.1, -0.05) is 30.3 Å². The second kappa shape index (κ2) is 14.2. The van der Waals surface area contributed by atoms with Gasteiger partial charge in [-0.3, -0.25) is 9.69 Å². The molecule has 45 heavy (non-hydrogen) atoms. The van der Waals surface area contributed by atoms with Crippen molar-refractivity contribution in [3.8, 4) is 5.75 Å². The second-order valence-corrected chi connectivity index (χ2v) is 15.4. The minimum Gasteiger partial charge on any atom is -0.494 e. The zero-order chi connectivity index (χ0) is 32.1. The molecule has 2 fully saturated rings. The Morgan fingerprint density at radius 1 is 1.04 bits per heavy atom. The molecule has 5 rings (SSSR count). The summed E-state index contributed by atoms with van der Waals surface area (Å²) >= 11 is 6.47. The van der Waals surface area contributed by atoms with Crippen molar-refractivity contribution in [1.82, 2.24) is 19.8 Å². The van der Waals surface area contributed by atoms with E-state index in [4.69, 9.17) is 16.3 Å². The third-order valence-electron chi connectivity index (χ3n) is 8.35. The summed E-state index contributed by atoms with van der Waals surface area (Å²) < 4.78 is 18.7. The van der Waals surface area contributed by atoms with Gasteiger partial charge in [0.05, 0.1) is 36.1 Å². The molecule has 2 aromatic carbocycles. The average molecular weight is 653 g/mol. The molecule has 2 aliphatic heterocycles. The van der Waals surface area contributed by atoms with Crippen LogP contribution in [0.4, 0.5) is 34.5 Å². The van der Waals surface area contributed by atoms with Crippen molar-refractivity contribution < 1.29 is 14.1 Å². The summed E-state index contributed by atoms with van der Waals surface area (Å²) in [7, 11) is 1.22. The number of rotatable bonds is 10. The van der Waals surface area contributed by atoms with Crippen LogP contribution in [-0.2, 0) is 9.36 Å². The van der Waals surface area contributed by atoms with Gasteiger partial charge >= 0.3 is 0 Å². The number of ether oxygens (including phenoxy) is 1. The van der Waals surface area contributed by atoms with E-state index in [0.717, 1.165) is 45.0 Å². The molecule has 0 unspecified atom stereocenters. The van der Waals surface area contributed by atoms with Gasteiger partial charge in [0.15, 0.2) is 5.82 Å². The highest BCUT2D eigenvalue weighted by molar-refractivity contribution is 7.70. The molecular weight excluding hydrogens is 611 g/mol. The van der Waals surface area contributed by atoms with E-state index in [0.29, 0.717) is 45.0 Å². The molecule has 3 heterocycles. The van der Waals surface area contributed by atoms with E-state index < -0.39 is 7.14 Å². The fourth-order valence-electron chi connectivity index (χ4n) is 5.88. The summed E-state index contributed by atoms with van der Waals surface area (Å²) in [5.74, 6) is 0.868. The largest absolute Gasteiger partial charge is 0.494 e. The molecule has 0 aliphatic carbocycles. The number of para-hydroxylation sites is 1. The topological polar surface area (TPSA) is 115 Å². The van der Waals surface area contributed by atoms with Gasteiger partial charge in [0, 0.05) is 43.6 Å². The van der Waals surface area contributed by atoms with Crippen LogP contribution in [0.15, 0.2) is 55.3 Å². The number of methoxy groups -OCH3 is 1. The highest BCUT2D eigenvalue weighted by Crippen LogP contribution is 2.40. The minimum atomic E-state index is -2.57. The number of nitrogens with zero attached hydrogens (tertiary/aromatic N) is 5. The van der Waals surface area contributed by atoms with Crippen LogP contribution in [0.3, 0.4) is 0 Å². The van der Waals surface area contributed by atoms with E-state index >= 15 is 0 Å². The second-order valence-electron chi connectivity index (χ2n) is 11.8. The molecule has 11 nitrogen and oxygen atoms in total. The van der Waals surface area contributed by atoms with Crippen molar-refractivity contribution in [2.75, 3.05) is 87.6 Å². The Balaban J connectivity index is 1.39. The molecule has 2 aliphatic rings. The quantitative estimate of drug-likeness (QED) is 0.199. The molecule has 3 aromatic rings. The van der Waals surface area contributed by atoms with Crippen LogP contribution in [0.1, 0.15) is 12.8 Å². The lowest BCUT2D eigenvalue weighted by molar-refractivity contribution is -0.111. The first-order valence-corrected chi connectivity index (χ1v) is 18.1. The van der Waals surface area contributed by atoms with Crippen LogP contribution >= 0.6 is 18.7 Å². The van der Waals surface area contributed by atoms with Crippen LogP contribution in [0.25, 0.3) is 0 Å². The van der Waals surface area contributed by atoms with Gasteiger partial charge < -0.3 is 35.1 Å². The van der Waals surface area contributed by atoms with Gasteiger partial charge in [-0.15, -0.1) is 0 Å². The first-order valence-electron chi connectivity index (χ1n) is 15.1. The van der Waals surface area contributed by atoms with E-state index in [1.807, 2.05) is 36.4 Å². The minimum absolute atomic E-state index is 0.259. The maximum atomic E-state index is 12.9. The Morgan fingerprint density at radius 3 is 2.42 bits per heavy atom. The Hall–Kier alpha value is -3.63. The number of nitrogens with one attached hydrogen (secondary N) is 3. The Bertz CT molecular complexity index is 1580. The number of benzene rings is 2. The van der Waals surface area contributed by atoms with Crippen molar-refractivity contribution in [3.63, 3.8) is 0 Å². The lowest BCUT2D eigenvalue weighted by Crippen LogP contribution is -2.53. The first kappa shape index (κ1) is 32.8. The SMILES string of the molecule is C=CC(=O)Nc1cc(Nc2ncc(Cl)c(Nc3ccccc3P(C)(C)=O)n2)c(OC)cc1N1CCN(C2CCN(C)CC2)CC1. The highest BCUT2D eigenvalue weighted by Gasteiger charge is 2.28. The molecule has 3 N–H and O–H groups in total. The predicted molar refractivity (Wildman–Crippen MR) is 185 cm³/mol. The van der Waals surface area contributed by atoms with Crippen LogP contribution in [0, 0.1) is 0 Å². The van der Waals surface area contributed by atoms with Crippen molar-refractivity contribution in [3.05, 3.63) is 60.3 Å². The highest BCUT2D eigenvalue weighted by atomic mass is 35.5. The monoisotopic (exact) mass is 652 g/mol. The third kappa shape index (κ3) is 7.97. The molecule has 0 bridgehead atoms. The van der Waals surface area contributed by atoms with E-state index in [-0.39, 0.29) is 11.9 Å². The number of piperidine rings is 1. The normalized spacial score (nSPS) is 16.7. The molecule has 0 saturated carbocycles. The summed E-state index contributed by atoms with van der Waals surface area (Å²) in [6.45, 7) is 12.9. The molecule has 0 radical (unpaired) electrons. The number of halogens is 1. The molecule has 240 valence electrons. The van der Waals surface area contributed by atoms with Crippen LogP contribution in [0.5, 0.6) is 5.75 Å². The van der Waals surface area contributed by atoms with Crippen LogP contribution < -0.4 is 30.9 Å². The molecule has 2 saturated heterocycles. The number of carbonyl (C=O) groups is 1. The third-order valence-corrected chi connectivity index (χ3v) is 10.2. The van der Waals surface area contributed by atoms with Crippen molar-refractivity contribution >= 4 is 64.5 Å². The number of piperazine rings is 1. The zero-order valence-electron chi connectivity index (χ0n) is 26.3. The molecule has 1 aromatic heterocycles. The van der Waals surface area contributed by atoms with Gasteiger partial charge in [-0.05, 0) is 70.6 Å². The van der Waals surface area contributed by atoms with Crippen molar-refractivity contribution in [2.24, 2.45) is 0 Å². The fourth-order valence-corrected chi connectivity index (χ4v) is 7.18. The van der Waals surface area contributed by atoms with Gasteiger partial charge in [-0.25, -0.2) is 4.98 Å². The Kier molecular flexibility index (Phi) is 10.3. The van der Waals surface area contributed by atoms with E-state index in [9.17, 15) is 9.36 Å². The number of hydrogen-bond acceptors (Lipinski definition) is 10. The van der Waals surface area contributed by atoms with E-state index in [1.54, 1.807) is 20.4 Å². The molecule has 1 amide bonds. The Labute approximate surface area is 270 Å². The van der Waals surface area contributed by atoms with Gasteiger partial charge in [0.1, 0.15) is 17.9 Å². The maximum absolute atomic E-state index is 12.9. The van der Waals surface area contributed by atoms with Gasteiger partial charge in [0.2, 0.25) is 11.9 Å². The summed E-state index contributed by atoms with van der Waals surface area (Å²) in [4.78, 5) is 28.8. The number of hydrogen-bond donors (Lipinski definition) is 3. The number of amides is 1. The first-order chi connectivity index (χ1) is 21.5. The van der Waals surface area contributed by atoms with E-state index in [1.165, 1.54) is 25.1 Å². The summed E-state index contributed by atoms with van der Waals surface area (Å²) in [6, 6.07) is 11.7. The molecule has 0 spiro atoms. The maximum Gasteiger partial charge on any atom is 0.247 e. The standard InChI is InChI=1S/C32H42ClN8O3P/c1-6-30(42)35-25-19-26(28(44-3)20-27(25)41-17-15-40(16-18-41)22-11-13-39(2)14-12-22)37-32-34-21-23(33)31(38-32)36-24-9-7-8-10-29(24)45(4,5)43/h6-10,19-22H,1,11-18H2,2-5H3,(H,35,42)(H2,34,36,37,38). The fraction of sp³-hybridized carbons (Fsp3) is 0.406. The molecular formula is C32H42ClN8O3P. The number of anilines is 6. The van der Waals surface area contributed by atoms with Crippen molar-refractivity contribution in [1.29, 1.82) is 0 Å².